The summed E-state index contributed by atoms with van der Waals surface area (Å²) in [5.74, 6) is 1.14. The van der Waals surface area contributed by atoms with E-state index < -0.39 is 0 Å². The summed E-state index contributed by atoms with van der Waals surface area (Å²) >= 11 is 1.60. The molecule has 0 bridgehead atoms. The molecule has 6 heteroatoms. The van der Waals surface area contributed by atoms with Gasteiger partial charge < -0.3 is 10.0 Å². The van der Waals surface area contributed by atoms with E-state index in [0.717, 1.165) is 51.1 Å². The van der Waals surface area contributed by atoms with Gasteiger partial charge in [0, 0.05) is 56.7 Å². The molecule has 140 valence electrons. The number of anilines is 1. The van der Waals surface area contributed by atoms with Gasteiger partial charge in [0.25, 0.3) is 0 Å². The van der Waals surface area contributed by atoms with Gasteiger partial charge in [-0.25, -0.2) is 0 Å². The Morgan fingerprint density at radius 2 is 1.73 bits per heavy atom. The number of piperazine rings is 1. The van der Waals surface area contributed by atoms with Crippen LogP contribution in [0.4, 0.5) is 5.82 Å². The second-order valence-electron chi connectivity index (χ2n) is 8.05. The van der Waals surface area contributed by atoms with E-state index in [4.69, 9.17) is 4.37 Å². The van der Waals surface area contributed by atoms with Gasteiger partial charge in [0.15, 0.2) is 0 Å². The molecule has 5 rings (SSSR count). The largest absolute Gasteiger partial charge is 0.390 e. The number of aromatic nitrogens is 1. The summed E-state index contributed by atoms with van der Waals surface area (Å²) in [6.07, 6.45) is 5.18. The van der Waals surface area contributed by atoms with Crippen LogP contribution in [0.25, 0.3) is 10.1 Å². The monoisotopic (exact) mass is 372 g/mol. The SMILES string of the molecule is O[C@H]1CN(C2CCCC2)C[C@@H]1N1CCN(c2nsc3ccccc23)CC1. The molecule has 0 unspecified atom stereocenters. The standard InChI is InChI=1S/C20H28N4OS/c25-18-14-24(15-5-1-2-6-15)13-17(18)22-9-11-23(12-10-22)20-16-7-3-4-8-19(16)26-21-20/h3-4,7-8,15,17-18,25H,1-2,5-6,9-14H2/t17-,18-/m0/s1. The fraction of sp³-hybridized carbons (Fsp3) is 0.650. The summed E-state index contributed by atoms with van der Waals surface area (Å²) in [6.45, 7) is 5.96. The van der Waals surface area contributed by atoms with Crippen molar-refractivity contribution in [3.8, 4) is 0 Å². The molecule has 3 fully saturated rings. The molecule has 5 nitrogen and oxygen atoms in total. The highest BCUT2D eigenvalue weighted by Crippen LogP contribution is 2.31. The number of aliphatic hydroxyl groups excluding tert-OH is 1. The fourth-order valence-electron chi connectivity index (χ4n) is 5.09. The maximum Gasteiger partial charge on any atom is 0.150 e. The van der Waals surface area contributed by atoms with Crippen LogP contribution in [0, 0.1) is 0 Å². The van der Waals surface area contributed by atoms with Crippen LogP contribution >= 0.6 is 11.5 Å². The number of fused-ring (bicyclic) bond motifs is 1. The third kappa shape index (κ3) is 3.03. The zero-order chi connectivity index (χ0) is 17.5. The average molecular weight is 373 g/mol. The zero-order valence-electron chi connectivity index (χ0n) is 15.3. The van der Waals surface area contributed by atoms with Crippen molar-refractivity contribution in [3.63, 3.8) is 0 Å². The molecule has 2 aliphatic heterocycles. The minimum atomic E-state index is -0.192. The number of hydrogen-bond acceptors (Lipinski definition) is 6. The molecule has 1 N–H and O–H groups in total. The molecule has 2 saturated heterocycles. The molecule has 3 heterocycles. The maximum atomic E-state index is 10.7. The third-order valence-electron chi connectivity index (χ3n) is 6.57. The molecule has 0 radical (unpaired) electrons. The first-order chi connectivity index (χ1) is 12.8. The highest BCUT2D eigenvalue weighted by atomic mass is 32.1. The van der Waals surface area contributed by atoms with Gasteiger partial charge in [-0.1, -0.05) is 25.0 Å². The van der Waals surface area contributed by atoms with Crippen molar-refractivity contribution in [2.24, 2.45) is 0 Å². The molecular formula is C20H28N4OS. The van der Waals surface area contributed by atoms with Crippen LogP contribution in [-0.4, -0.2) is 76.7 Å². The molecule has 2 atom stereocenters. The predicted octanol–water partition coefficient (Wildman–Crippen LogP) is 2.41. The van der Waals surface area contributed by atoms with E-state index in [-0.39, 0.29) is 6.10 Å². The molecule has 3 aliphatic rings. The number of aliphatic hydroxyl groups is 1. The number of rotatable bonds is 3. The third-order valence-corrected chi connectivity index (χ3v) is 7.39. The number of nitrogens with zero attached hydrogens (tertiary/aromatic N) is 4. The van der Waals surface area contributed by atoms with Crippen molar-refractivity contribution >= 4 is 27.4 Å². The van der Waals surface area contributed by atoms with Gasteiger partial charge in [0.2, 0.25) is 0 Å². The summed E-state index contributed by atoms with van der Waals surface area (Å²) in [5.41, 5.74) is 0. The summed E-state index contributed by atoms with van der Waals surface area (Å²) in [6, 6.07) is 9.55. The van der Waals surface area contributed by atoms with Crippen LogP contribution in [0.3, 0.4) is 0 Å². The molecule has 1 aromatic carbocycles. The first-order valence-corrected chi connectivity index (χ1v) is 10.8. The van der Waals surface area contributed by atoms with Crippen molar-refractivity contribution in [1.82, 2.24) is 14.2 Å². The quantitative estimate of drug-likeness (QED) is 0.896. The van der Waals surface area contributed by atoms with E-state index in [1.54, 1.807) is 11.5 Å². The Bertz CT molecular complexity index is 751. The van der Waals surface area contributed by atoms with Crippen LogP contribution in [0.5, 0.6) is 0 Å². The zero-order valence-corrected chi connectivity index (χ0v) is 16.1. The van der Waals surface area contributed by atoms with Crippen molar-refractivity contribution in [2.45, 2.75) is 43.9 Å². The van der Waals surface area contributed by atoms with Gasteiger partial charge in [-0.3, -0.25) is 9.80 Å². The summed E-state index contributed by atoms with van der Waals surface area (Å²) < 4.78 is 5.98. The summed E-state index contributed by atoms with van der Waals surface area (Å²) in [5, 5.41) is 11.9. The first kappa shape index (κ1) is 16.9. The first-order valence-electron chi connectivity index (χ1n) is 10.0. The van der Waals surface area contributed by atoms with Crippen LogP contribution in [0.1, 0.15) is 25.7 Å². The minimum Gasteiger partial charge on any atom is -0.390 e. The lowest BCUT2D eigenvalue weighted by Crippen LogP contribution is -2.54. The van der Waals surface area contributed by atoms with E-state index in [9.17, 15) is 5.11 Å². The van der Waals surface area contributed by atoms with E-state index >= 15 is 0 Å². The van der Waals surface area contributed by atoms with Gasteiger partial charge in [-0.05, 0) is 36.5 Å². The molecule has 0 amide bonds. The number of β-amino-alcohol motifs (C(OH)–C–C–N with tert-alkyl or cyclic N) is 1. The Morgan fingerprint density at radius 3 is 2.54 bits per heavy atom. The predicted molar refractivity (Wildman–Crippen MR) is 107 cm³/mol. The van der Waals surface area contributed by atoms with Crippen LogP contribution in [-0.2, 0) is 0 Å². The van der Waals surface area contributed by atoms with Gasteiger partial charge in [-0.2, -0.15) is 4.37 Å². The molecule has 2 aromatic rings. The van der Waals surface area contributed by atoms with Crippen LogP contribution in [0.2, 0.25) is 0 Å². The fourth-order valence-corrected chi connectivity index (χ4v) is 5.89. The topological polar surface area (TPSA) is 42.8 Å². The van der Waals surface area contributed by atoms with Gasteiger partial charge >= 0.3 is 0 Å². The smallest absolute Gasteiger partial charge is 0.150 e. The minimum absolute atomic E-state index is 0.192. The van der Waals surface area contributed by atoms with Gasteiger partial charge in [0.05, 0.1) is 10.8 Å². The Morgan fingerprint density at radius 1 is 0.962 bits per heavy atom. The molecule has 26 heavy (non-hydrogen) atoms. The normalized spacial score (nSPS) is 29.2. The molecule has 1 aliphatic carbocycles. The molecule has 0 spiro atoms. The molecule has 1 aromatic heterocycles. The van der Waals surface area contributed by atoms with Crippen LogP contribution in [0.15, 0.2) is 24.3 Å². The highest BCUT2D eigenvalue weighted by Gasteiger charge is 2.39. The lowest BCUT2D eigenvalue weighted by atomic mass is 10.1. The number of likely N-dealkylation sites (tertiary alicyclic amines) is 1. The van der Waals surface area contributed by atoms with E-state index in [1.165, 1.54) is 35.8 Å². The lowest BCUT2D eigenvalue weighted by Gasteiger charge is -2.39. The van der Waals surface area contributed by atoms with E-state index in [2.05, 4.69) is 39.0 Å². The Labute approximate surface area is 159 Å². The second-order valence-corrected chi connectivity index (χ2v) is 8.86. The van der Waals surface area contributed by atoms with Crippen molar-refractivity contribution in [1.29, 1.82) is 0 Å². The second kappa shape index (κ2) is 7.08. The Kier molecular flexibility index (Phi) is 4.61. The highest BCUT2D eigenvalue weighted by molar-refractivity contribution is 7.13. The number of hydrogen-bond donors (Lipinski definition) is 1. The van der Waals surface area contributed by atoms with Crippen molar-refractivity contribution in [3.05, 3.63) is 24.3 Å². The average Bonchev–Trinajstić information content (AvgIpc) is 3.41. The number of benzene rings is 1. The van der Waals surface area contributed by atoms with Gasteiger partial charge in [0.1, 0.15) is 5.82 Å². The maximum absolute atomic E-state index is 10.7. The summed E-state index contributed by atoms with van der Waals surface area (Å²) in [4.78, 5) is 7.50. The van der Waals surface area contributed by atoms with Gasteiger partial charge in [-0.15, -0.1) is 0 Å². The Hall–Kier alpha value is -1.21. The van der Waals surface area contributed by atoms with Crippen LogP contribution < -0.4 is 4.90 Å². The van der Waals surface area contributed by atoms with Crippen molar-refractivity contribution in [2.75, 3.05) is 44.2 Å². The molecular weight excluding hydrogens is 344 g/mol. The summed E-state index contributed by atoms with van der Waals surface area (Å²) in [7, 11) is 0. The van der Waals surface area contributed by atoms with E-state index in [0.29, 0.717) is 6.04 Å². The van der Waals surface area contributed by atoms with E-state index in [1.807, 2.05) is 0 Å². The van der Waals surface area contributed by atoms with Crippen molar-refractivity contribution < 1.29 is 5.11 Å². The molecule has 1 saturated carbocycles. The lowest BCUT2D eigenvalue weighted by molar-refractivity contribution is 0.0790. The Balaban J connectivity index is 1.23.